The molecule has 0 radical (unpaired) electrons. The Morgan fingerprint density at radius 1 is 1.16 bits per heavy atom. The number of Topliss-reactive ketones (excluding diaryl/α,β-unsaturated/α-hetero) is 1. The zero-order chi connectivity index (χ0) is 18.2. The van der Waals surface area contributed by atoms with Crippen LogP contribution in [0.25, 0.3) is 0 Å². The second kappa shape index (κ2) is 6.62. The molecule has 1 aromatic carbocycles. The summed E-state index contributed by atoms with van der Waals surface area (Å²) in [5.41, 5.74) is -0.334. The highest BCUT2D eigenvalue weighted by atomic mass is 16.2. The third-order valence-corrected chi connectivity index (χ3v) is 6.12. The number of carbonyl (C=O) groups excluding carboxylic acids is 3. The summed E-state index contributed by atoms with van der Waals surface area (Å²) in [5, 5.41) is 0. The molecule has 1 saturated heterocycles. The lowest BCUT2D eigenvalue weighted by Crippen LogP contribution is -2.54. The van der Waals surface area contributed by atoms with Crippen LogP contribution < -0.4 is 0 Å². The second-order valence-electron chi connectivity index (χ2n) is 7.54. The van der Waals surface area contributed by atoms with Gasteiger partial charge in [-0.3, -0.25) is 14.5 Å². The van der Waals surface area contributed by atoms with E-state index in [1.54, 1.807) is 36.2 Å². The Kier molecular flexibility index (Phi) is 4.67. The summed E-state index contributed by atoms with van der Waals surface area (Å²) in [5.74, 6) is 0.0851. The van der Waals surface area contributed by atoms with Crippen LogP contribution in [0.5, 0.6) is 0 Å². The van der Waals surface area contributed by atoms with Gasteiger partial charge < -0.3 is 4.90 Å². The molecule has 2 aliphatic rings. The number of benzene rings is 1. The van der Waals surface area contributed by atoms with Gasteiger partial charge in [0.05, 0.1) is 6.54 Å². The third-order valence-electron chi connectivity index (χ3n) is 6.12. The van der Waals surface area contributed by atoms with Crippen molar-refractivity contribution in [3.8, 4) is 0 Å². The molecular formula is C20H26N2O3. The fourth-order valence-corrected chi connectivity index (χ4v) is 4.44. The van der Waals surface area contributed by atoms with Gasteiger partial charge in [0.2, 0.25) is 0 Å². The van der Waals surface area contributed by atoms with Crippen molar-refractivity contribution < 1.29 is 14.4 Å². The summed E-state index contributed by atoms with van der Waals surface area (Å²) in [6.07, 6.45) is 4.29. The molecule has 2 fully saturated rings. The number of imide groups is 1. The molecule has 1 aliphatic carbocycles. The minimum Gasteiger partial charge on any atom is -0.313 e. The first-order chi connectivity index (χ1) is 11.9. The Morgan fingerprint density at radius 3 is 2.44 bits per heavy atom. The number of hydrogen-bond donors (Lipinski definition) is 0. The maximum atomic E-state index is 13.2. The van der Waals surface area contributed by atoms with E-state index in [0.29, 0.717) is 11.5 Å². The van der Waals surface area contributed by atoms with Crippen LogP contribution in [0.4, 0.5) is 4.79 Å². The Hall–Kier alpha value is -2.17. The predicted molar refractivity (Wildman–Crippen MR) is 95.2 cm³/mol. The molecule has 5 nitrogen and oxygen atoms in total. The van der Waals surface area contributed by atoms with E-state index in [1.165, 1.54) is 6.42 Å². The fraction of sp³-hybridized carbons (Fsp3) is 0.550. The van der Waals surface area contributed by atoms with E-state index in [9.17, 15) is 14.4 Å². The van der Waals surface area contributed by atoms with Gasteiger partial charge in [0.1, 0.15) is 5.54 Å². The number of rotatable bonds is 4. The van der Waals surface area contributed by atoms with Crippen LogP contribution in [-0.4, -0.2) is 46.7 Å². The first-order valence-electron chi connectivity index (χ1n) is 9.05. The monoisotopic (exact) mass is 342 g/mol. The zero-order valence-electron chi connectivity index (χ0n) is 15.2. The number of ketones is 1. The SMILES string of the molecule is CC1CCCCC1C1(C)C(=O)N(CC(=O)c2ccccc2)C(=O)N1C. The molecule has 1 aromatic rings. The highest BCUT2D eigenvalue weighted by Gasteiger charge is 2.57. The van der Waals surface area contributed by atoms with E-state index in [0.717, 1.165) is 24.2 Å². The first kappa shape index (κ1) is 17.6. The molecule has 0 aromatic heterocycles. The van der Waals surface area contributed by atoms with Crippen LogP contribution in [0.1, 0.15) is 49.9 Å². The standard InChI is InChI=1S/C20H26N2O3/c1-14-9-7-8-12-16(14)20(2)18(24)22(19(25)21(20)3)13-17(23)15-10-5-4-6-11-15/h4-6,10-11,14,16H,7-9,12-13H2,1-3H3. The van der Waals surface area contributed by atoms with Crippen LogP contribution in [0.15, 0.2) is 30.3 Å². The molecule has 134 valence electrons. The van der Waals surface area contributed by atoms with E-state index in [2.05, 4.69) is 6.92 Å². The molecule has 3 rings (SSSR count). The van der Waals surface area contributed by atoms with E-state index >= 15 is 0 Å². The summed E-state index contributed by atoms with van der Waals surface area (Å²) < 4.78 is 0. The van der Waals surface area contributed by atoms with E-state index < -0.39 is 5.54 Å². The molecule has 3 amide bonds. The van der Waals surface area contributed by atoms with Crippen LogP contribution in [0.2, 0.25) is 0 Å². The Labute approximate surface area is 149 Å². The van der Waals surface area contributed by atoms with Crippen molar-refractivity contribution in [1.29, 1.82) is 0 Å². The third kappa shape index (κ3) is 2.86. The van der Waals surface area contributed by atoms with Crippen LogP contribution in [-0.2, 0) is 4.79 Å². The second-order valence-corrected chi connectivity index (χ2v) is 7.54. The van der Waals surface area contributed by atoms with Crippen molar-refractivity contribution >= 4 is 17.7 Å². The van der Waals surface area contributed by atoms with Crippen molar-refractivity contribution in [2.75, 3.05) is 13.6 Å². The number of carbonyl (C=O) groups is 3. The van der Waals surface area contributed by atoms with Gasteiger partial charge in [0.25, 0.3) is 5.91 Å². The molecule has 5 heteroatoms. The molecule has 3 unspecified atom stereocenters. The number of hydrogen-bond acceptors (Lipinski definition) is 3. The molecule has 3 atom stereocenters. The van der Waals surface area contributed by atoms with Gasteiger partial charge in [0.15, 0.2) is 5.78 Å². The maximum Gasteiger partial charge on any atom is 0.327 e. The number of amides is 3. The first-order valence-corrected chi connectivity index (χ1v) is 9.05. The lowest BCUT2D eigenvalue weighted by atomic mass is 9.69. The van der Waals surface area contributed by atoms with Crippen molar-refractivity contribution in [2.45, 2.75) is 45.1 Å². The largest absolute Gasteiger partial charge is 0.327 e. The molecule has 0 spiro atoms. The molecular weight excluding hydrogens is 316 g/mol. The van der Waals surface area contributed by atoms with Gasteiger partial charge in [-0.1, -0.05) is 56.5 Å². The van der Waals surface area contributed by atoms with E-state index in [4.69, 9.17) is 0 Å². The quantitative estimate of drug-likeness (QED) is 0.623. The topological polar surface area (TPSA) is 57.7 Å². The average molecular weight is 342 g/mol. The van der Waals surface area contributed by atoms with E-state index in [1.807, 2.05) is 13.0 Å². The highest BCUT2D eigenvalue weighted by molar-refractivity contribution is 6.11. The van der Waals surface area contributed by atoms with Crippen LogP contribution >= 0.6 is 0 Å². The predicted octanol–water partition coefficient (Wildman–Crippen LogP) is 3.35. The molecule has 0 N–H and O–H groups in total. The highest BCUT2D eigenvalue weighted by Crippen LogP contribution is 2.43. The molecule has 1 saturated carbocycles. The molecule has 0 bridgehead atoms. The normalized spacial score (nSPS) is 30.0. The Morgan fingerprint density at radius 2 is 1.80 bits per heavy atom. The maximum absolute atomic E-state index is 13.2. The Bertz CT molecular complexity index is 687. The van der Waals surface area contributed by atoms with Gasteiger partial charge in [-0.2, -0.15) is 0 Å². The lowest BCUT2D eigenvalue weighted by molar-refractivity contribution is -0.136. The zero-order valence-corrected chi connectivity index (χ0v) is 15.2. The summed E-state index contributed by atoms with van der Waals surface area (Å²) in [6.45, 7) is 3.84. The minimum absolute atomic E-state index is 0.138. The fourth-order valence-electron chi connectivity index (χ4n) is 4.44. The van der Waals surface area contributed by atoms with Gasteiger partial charge in [-0.05, 0) is 25.2 Å². The smallest absolute Gasteiger partial charge is 0.313 e. The van der Waals surface area contributed by atoms with Crippen molar-refractivity contribution in [3.05, 3.63) is 35.9 Å². The minimum atomic E-state index is -0.853. The average Bonchev–Trinajstić information content (AvgIpc) is 2.79. The van der Waals surface area contributed by atoms with Crippen molar-refractivity contribution in [1.82, 2.24) is 9.80 Å². The van der Waals surface area contributed by atoms with Gasteiger partial charge >= 0.3 is 6.03 Å². The molecule has 1 heterocycles. The number of nitrogens with zero attached hydrogens (tertiary/aromatic N) is 2. The summed E-state index contributed by atoms with van der Waals surface area (Å²) in [6, 6.07) is 8.44. The summed E-state index contributed by atoms with van der Waals surface area (Å²) in [4.78, 5) is 41.1. The summed E-state index contributed by atoms with van der Waals surface area (Å²) >= 11 is 0. The Balaban J connectivity index is 1.84. The van der Waals surface area contributed by atoms with Crippen LogP contribution in [0.3, 0.4) is 0 Å². The van der Waals surface area contributed by atoms with Crippen molar-refractivity contribution in [2.24, 2.45) is 11.8 Å². The lowest BCUT2D eigenvalue weighted by Gasteiger charge is -2.42. The van der Waals surface area contributed by atoms with Gasteiger partial charge in [0, 0.05) is 12.6 Å². The van der Waals surface area contributed by atoms with Gasteiger partial charge in [-0.15, -0.1) is 0 Å². The number of urea groups is 1. The van der Waals surface area contributed by atoms with Crippen LogP contribution in [0, 0.1) is 11.8 Å². The summed E-state index contributed by atoms with van der Waals surface area (Å²) in [7, 11) is 1.69. The molecule has 1 aliphatic heterocycles. The molecule has 25 heavy (non-hydrogen) atoms. The van der Waals surface area contributed by atoms with Gasteiger partial charge in [-0.25, -0.2) is 4.79 Å². The van der Waals surface area contributed by atoms with E-state index in [-0.39, 0.29) is 30.2 Å². The number of likely N-dealkylation sites (N-methyl/N-ethyl adjacent to an activating group) is 1. The van der Waals surface area contributed by atoms with Crippen molar-refractivity contribution in [3.63, 3.8) is 0 Å².